The van der Waals surface area contributed by atoms with Gasteiger partial charge in [-0.1, -0.05) is 0 Å². The summed E-state index contributed by atoms with van der Waals surface area (Å²) in [5.41, 5.74) is 0. The van der Waals surface area contributed by atoms with Gasteiger partial charge in [-0.05, 0) is 0 Å². The Morgan fingerprint density at radius 1 is 0.348 bits per heavy atom. The third-order valence-corrected chi connectivity index (χ3v) is 23.7. The van der Waals surface area contributed by atoms with Crippen molar-refractivity contribution in [1.29, 1.82) is 0 Å². The molecule has 9 saturated heterocycles. The van der Waals surface area contributed by atoms with Crippen molar-refractivity contribution < 1.29 is 283 Å². The molecular weight excluding hydrogens is 1820 g/mol. The van der Waals surface area contributed by atoms with Crippen molar-refractivity contribution in [3.8, 4) is 0 Å². The molecule has 9 aliphatic rings. The molecule has 60 heteroatoms. The molecule has 0 bridgehead atoms. The lowest BCUT2D eigenvalue weighted by molar-refractivity contribution is -0.421. The number of hydrogen-bond donors (Lipinski definition) is 38. The molecule has 3 amide bonds. The summed E-state index contributed by atoms with van der Waals surface area (Å²) in [5, 5.41) is 399. The summed E-state index contributed by atoms with van der Waals surface area (Å²) in [6.45, 7) is -11.2. The van der Waals surface area contributed by atoms with Crippen LogP contribution in [0.3, 0.4) is 0 Å². The molecular formula is C72H123N3O57. The van der Waals surface area contributed by atoms with E-state index in [-0.39, 0.29) is 0 Å². The van der Waals surface area contributed by atoms with Crippen LogP contribution in [0.2, 0.25) is 0 Å². The standard InChI is InChI=1S/C72H123N3O57/c1-16(84)73-19(5-76)33(92)34(93)23(90)13-115-64-32(75-18(3)86)40(99)38(97)30(123-64)15-117-72(71(113)114)4-20(87)56(57(132-72)22(89)7-78)126-69-53(112)60(62(131-66-50(109)42(101)37(96)27(10-81)120-66)59(128-69)29(12-83)122-65-49(108)41(100)36(95)26(9-80)119-65)129-70-61(48(107)47(106)58(127-70)28(11-82)121-67-51(110)43(102)45(104)54(124-67)21(88)6-77)130-68-52(111)44(103)46(105)55(125-68)24(91)14-116-63-31(74-17(2)85)39(98)35(94)25(8-79)118-63/h19-70,76-83,87-112H,4-15H2,1-3H3,(H,73,84)(H,74,85)(H,75,86)(H,113,114)/t19-,20+,21-,22+,23+,24-,25+,26+,27+,28-,29-,30+,31+,32+,33+,34+,35+,36+,37+,38+,39+,40+,41-,42-,43-,44-,45-,46-,47-,48-,49+,50+,51-,52-,53-,54+,55+,56+,57+,58+,59+,60+,61-,62+,63-,64+,65+,66-,67-,68+,69-,70+,72+/m0/s1. The normalized spacial score (nSPS) is 45.6. The van der Waals surface area contributed by atoms with Gasteiger partial charge in [-0.3, -0.25) is 14.4 Å². The summed E-state index contributed by atoms with van der Waals surface area (Å²) in [6, 6.07) is -5.13. The SMILES string of the molecule is CC(=O)N[C@H]1[C@H](OC[C@@H](O)[C@@H](O)[C@H](O)[C@H](CO)NC(C)=O)O[C@H](CO[C@]2(C(=O)O)C[C@@H](O)[C@@H](O[C@H]3O[C@H]([C@H](CO)O[C@H]4O[C@H](CO)[C@@H](O)[C@H](O)[C@H]4O)[C@@H](O[C@@H]4O[C@H](CO)[C@@H](O)[C@H](O)[C@H]4O)[C@H](O[C@H]4O[C@H]([C@H](CO)O[C@H]5O[C@H]([C@@H](O)CO)[C@@H](O)[C@H](O)[C@@H]5O)[C@@H](O)[C@H](O)[C@@H]4O[C@H]4O[C@H]([C@@H](O)CO[C@H]5O[C@H](CO)[C@@H](O)[C@H](O)[C@H]5NC(C)=O)[C@@H](O)[C@H](O)[C@@H]4O)[C@@H]3O)[C@@H]([C@H](O)CO)O2)[C@@H](O)[C@@H]1O. The predicted molar refractivity (Wildman–Crippen MR) is 402 cm³/mol. The molecule has 53 atom stereocenters. The van der Waals surface area contributed by atoms with Gasteiger partial charge in [0.1, 0.15) is 256 Å². The van der Waals surface area contributed by atoms with Crippen LogP contribution >= 0.6 is 0 Å². The minimum absolute atomic E-state index is 0.797. The molecule has 0 aliphatic carbocycles. The third-order valence-electron chi connectivity index (χ3n) is 23.7. The molecule has 9 heterocycles. The van der Waals surface area contributed by atoms with Crippen LogP contribution in [0.1, 0.15) is 27.2 Å². The fourth-order valence-corrected chi connectivity index (χ4v) is 16.3. The van der Waals surface area contributed by atoms with Crippen LogP contribution in [0.25, 0.3) is 0 Å². The van der Waals surface area contributed by atoms with Crippen molar-refractivity contribution in [3.05, 3.63) is 0 Å². The van der Waals surface area contributed by atoms with Gasteiger partial charge in [0.2, 0.25) is 17.7 Å². The van der Waals surface area contributed by atoms with Crippen LogP contribution < -0.4 is 16.0 Å². The molecule has 38 N–H and O–H groups in total. The summed E-state index contributed by atoms with van der Waals surface area (Å²) in [5.74, 6) is -8.34. The Morgan fingerprint density at radius 3 is 1.23 bits per heavy atom. The Labute approximate surface area is 745 Å². The second-order valence-corrected chi connectivity index (χ2v) is 33.0. The molecule has 132 heavy (non-hydrogen) atoms. The Hall–Kier alpha value is -4.20. The van der Waals surface area contributed by atoms with Crippen molar-refractivity contribution in [1.82, 2.24) is 16.0 Å². The lowest BCUT2D eigenvalue weighted by Crippen LogP contribution is -2.71. The highest BCUT2D eigenvalue weighted by Crippen LogP contribution is 2.43. The van der Waals surface area contributed by atoms with Crippen molar-refractivity contribution in [3.63, 3.8) is 0 Å². The van der Waals surface area contributed by atoms with E-state index in [1.165, 1.54) is 0 Å². The minimum Gasteiger partial charge on any atom is -0.477 e. The quantitative estimate of drug-likeness (QED) is 0.0270. The smallest absolute Gasteiger partial charge is 0.364 e. The fourth-order valence-electron chi connectivity index (χ4n) is 16.3. The molecule has 0 saturated carbocycles. The number of ether oxygens (including phenoxy) is 18. The van der Waals surface area contributed by atoms with E-state index in [2.05, 4.69) is 16.0 Å². The lowest BCUT2D eigenvalue weighted by Gasteiger charge is -2.53. The number of aliphatic hydroxyl groups excluding tert-OH is 34. The predicted octanol–water partition coefficient (Wildman–Crippen LogP) is -25.4. The van der Waals surface area contributed by atoms with E-state index in [0.717, 1.165) is 20.8 Å². The first kappa shape index (κ1) is 111. The van der Waals surface area contributed by atoms with E-state index >= 15 is 0 Å². The van der Waals surface area contributed by atoms with Crippen LogP contribution in [0.15, 0.2) is 0 Å². The van der Waals surface area contributed by atoms with Crippen LogP contribution in [-0.2, 0) is 104 Å². The highest BCUT2D eigenvalue weighted by Gasteiger charge is 2.64. The molecule has 768 valence electrons. The van der Waals surface area contributed by atoms with Gasteiger partial charge in [-0.15, -0.1) is 0 Å². The first-order valence-electron chi connectivity index (χ1n) is 41.5. The van der Waals surface area contributed by atoms with Crippen LogP contribution in [0, 0.1) is 0 Å². The van der Waals surface area contributed by atoms with Gasteiger partial charge in [-0.2, -0.15) is 0 Å². The summed E-state index contributed by atoms with van der Waals surface area (Å²) in [6.07, 6.45) is -120. The number of carboxylic acid groups (broad SMARTS) is 1. The van der Waals surface area contributed by atoms with Gasteiger partial charge in [0, 0.05) is 27.2 Å². The van der Waals surface area contributed by atoms with Gasteiger partial charge in [-0.25, -0.2) is 4.79 Å². The largest absolute Gasteiger partial charge is 0.477 e. The summed E-state index contributed by atoms with van der Waals surface area (Å²) < 4.78 is 106. The highest BCUT2D eigenvalue weighted by molar-refractivity contribution is 5.76. The molecule has 0 aromatic rings. The second kappa shape index (κ2) is 48.8. The number of rotatable bonds is 41. The average molecular weight is 1940 g/mol. The van der Waals surface area contributed by atoms with E-state index in [0.29, 0.717) is 0 Å². The van der Waals surface area contributed by atoms with Crippen LogP contribution in [0.4, 0.5) is 0 Å². The van der Waals surface area contributed by atoms with E-state index in [1.807, 2.05) is 0 Å². The maximum Gasteiger partial charge on any atom is 0.364 e. The Bertz CT molecular complexity index is 3530. The number of carboxylic acids is 1. The maximum atomic E-state index is 13.8. The molecule has 0 spiro atoms. The Kier molecular flexibility index (Phi) is 41.2. The number of carbonyl (C=O) groups excluding carboxylic acids is 3. The summed E-state index contributed by atoms with van der Waals surface area (Å²) >= 11 is 0. The molecule has 0 radical (unpaired) electrons. The molecule has 0 aromatic carbocycles. The molecule has 9 fully saturated rings. The number of carbonyl (C=O) groups is 4. The van der Waals surface area contributed by atoms with E-state index < -0.39 is 427 Å². The number of aliphatic hydroxyl groups is 34. The molecule has 60 nitrogen and oxygen atoms in total. The summed E-state index contributed by atoms with van der Waals surface area (Å²) in [7, 11) is 0. The third kappa shape index (κ3) is 25.0. The first-order chi connectivity index (χ1) is 62.1. The highest BCUT2D eigenvalue weighted by atomic mass is 16.8. The number of hydrogen-bond acceptors (Lipinski definition) is 56. The Morgan fingerprint density at radius 2 is 0.735 bits per heavy atom. The van der Waals surface area contributed by atoms with E-state index in [9.17, 15) is 198 Å². The van der Waals surface area contributed by atoms with Crippen molar-refractivity contribution in [2.45, 2.75) is 352 Å². The Balaban J connectivity index is 1.14. The molecule has 9 aliphatic heterocycles. The van der Waals surface area contributed by atoms with E-state index in [1.54, 1.807) is 0 Å². The maximum absolute atomic E-state index is 13.8. The second-order valence-electron chi connectivity index (χ2n) is 33.0. The van der Waals surface area contributed by atoms with E-state index in [4.69, 9.17) is 85.3 Å². The monoisotopic (exact) mass is 1940 g/mol. The number of nitrogens with one attached hydrogen (secondary N) is 3. The van der Waals surface area contributed by atoms with Crippen LogP contribution in [0.5, 0.6) is 0 Å². The van der Waals surface area contributed by atoms with Gasteiger partial charge < -0.3 is 280 Å². The number of aliphatic carboxylic acids is 1. The van der Waals surface area contributed by atoms with Crippen molar-refractivity contribution in [2.24, 2.45) is 0 Å². The van der Waals surface area contributed by atoms with Gasteiger partial charge >= 0.3 is 5.97 Å². The van der Waals surface area contributed by atoms with Crippen molar-refractivity contribution >= 4 is 23.7 Å². The zero-order chi connectivity index (χ0) is 98.2. The average Bonchev–Trinajstić information content (AvgIpc) is 0.747. The van der Waals surface area contributed by atoms with Crippen LogP contribution in [-0.4, -0.2) is 600 Å². The molecule has 9 rings (SSSR count). The zero-order valence-corrected chi connectivity index (χ0v) is 70.1. The fraction of sp³-hybridized carbons (Fsp3) is 0.944. The minimum atomic E-state index is -3.47. The number of amides is 3. The molecule has 0 aromatic heterocycles. The zero-order valence-electron chi connectivity index (χ0n) is 70.1. The van der Waals surface area contributed by atoms with Gasteiger partial charge in [0.15, 0.2) is 50.3 Å². The molecule has 0 unspecified atom stereocenters. The van der Waals surface area contributed by atoms with Crippen molar-refractivity contribution in [2.75, 3.05) is 72.7 Å². The van der Waals surface area contributed by atoms with Gasteiger partial charge in [0.25, 0.3) is 5.79 Å². The first-order valence-corrected chi connectivity index (χ1v) is 41.5. The summed E-state index contributed by atoms with van der Waals surface area (Å²) in [4.78, 5) is 50.3. The van der Waals surface area contributed by atoms with Gasteiger partial charge in [0.05, 0.1) is 84.8 Å². The lowest BCUT2D eigenvalue weighted by atomic mass is 9.90. The topological polar surface area (TPSA) is 979 Å².